The van der Waals surface area contributed by atoms with Crippen LogP contribution in [-0.2, 0) is 41.6 Å². The number of halogens is 1. The van der Waals surface area contributed by atoms with Crippen LogP contribution in [0.1, 0.15) is 111 Å². The molecule has 0 saturated carbocycles. The van der Waals surface area contributed by atoms with E-state index in [2.05, 4.69) is 96.4 Å². The van der Waals surface area contributed by atoms with E-state index < -0.39 is 12.1 Å². The number of rotatable bonds is 4. The summed E-state index contributed by atoms with van der Waals surface area (Å²) in [5.41, 5.74) is 6.50. The molecule has 7 aliphatic rings. The summed E-state index contributed by atoms with van der Waals surface area (Å²) in [6.07, 6.45) is 7.88. The molecule has 2 unspecified atom stereocenters. The van der Waals surface area contributed by atoms with Crippen molar-refractivity contribution in [3.8, 4) is 0 Å². The highest BCUT2D eigenvalue weighted by molar-refractivity contribution is 9.10. The molecule has 2 aromatic carbocycles. The Morgan fingerprint density at radius 3 is 1.64 bits per heavy atom. The molecular weight excluding hydrogens is 843 g/mol. The van der Waals surface area contributed by atoms with Gasteiger partial charge in [0.25, 0.3) is 11.8 Å². The second-order valence-electron chi connectivity index (χ2n) is 17.6. The summed E-state index contributed by atoms with van der Waals surface area (Å²) in [5.74, 6) is -1.53. The number of likely N-dealkylation sites (N-methyl/N-ethyl adjacent to an activating group) is 2. The Kier molecular flexibility index (Phi) is 13.9. The molecule has 61 heavy (non-hydrogen) atoms. The van der Waals surface area contributed by atoms with Crippen LogP contribution in [0.25, 0.3) is 5.57 Å². The van der Waals surface area contributed by atoms with Gasteiger partial charge in [-0.2, -0.15) is 0 Å². The number of imide groups is 2. The highest BCUT2D eigenvalue weighted by atomic mass is 79.9. The fourth-order valence-electron chi connectivity index (χ4n) is 8.34. The molecule has 2 N–H and O–H groups in total. The molecule has 16 heteroatoms. The van der Waals surface area contributed by atoms with E-state index in [1.165, 1.54) is 11.0 Å². The van der Waals surface area contributed by atoms with E-state index >= 15 is 0 Å². The van der Waals surface area contributed by atoms with Crippen LogP contribution in [0.3, 0.4) is 0 Å². The standard InChI is InChI=1S/C19H21N3O3.C13H11BrN2O3.C12H22BNO2.CH4/c1-21-8-6-12(7-9-21)13-2-3-15-14(10-13)11-22(19(15)25)16-4-5-17(23)20-18(16)24;14-8-1-2-9-7(5-8)6-16(13(9)19)10-3-4-11(17)15-12(10)18;1-11(2)12(3,4)16-13(15-11)10-6-8-14(5)9-7-10;/h2-3,6,10,16H,4-5,7-9,11H2,1H3,(H,20,23,24);1-2,5,10H,3-4,6H2,(H,15,17,18);6H,7-9H2,1-5H3;1H4. The normalized spacial score (nSPS) is 24.6. The largest absolute Gasteiger partial charge is 0.490 e. The van der Waals surface area contributed by atoms with Crippen molar-refractivity contribution in [1.82, 2.24) is 30.2 Å². The number of piperidine rings is 2. The molecule has 0 bridgehead atoms. The van der Waals surface area contributed by atoms with E-state index in [1.54, 1.807) is 15.9 Å². The zero-order chi connectivity index (χ0) is 43.1. The molecule has 0 spiro atoms. The second kappa shape index (κ2) is 18.5. The lowest BCUT2D eigenvalue weighted by atomic mass is 9.75. The number of hydrogen-bond donors (Lipinski definition) is 2. The predicted octanol–water partition coefficient (Wildman–Crippen LogP) is 4.89. The third kappa shape index (κ3) is 9.94. The minimum Gasteiger partial charge on any atom is -0.400 e. The number of carbonyl (C=O) groups is 6. The van der Waals surface area contributed by atoms with Gasteiger partial charge in [0, 0.05) is 67.7 Å². The lowest BCUT2D eigenvalue weighted by Crippen LogP contribution is -2.52. The van der Waals surface area contributed by atoms with Crippen LogP contribution in [0.4, 0.5) is 0 Å². The lowest BCUT2D eigenvalue weighted by molar-refractivity contribution is -0.138. The SMILES string of the molecule is C.CN1CC=C(B2OC(C)(C)C(C)(C)O2)CC1.CN1CC=C(c2ccc3c(c2)CN(C2CCC(=O)NC2=O)C3=O)CC1.O=C1CCC(N2Cc3cc(Br)ccc3C2=O)C(=O)N1. The van der Waals surface area contributed by atoms with Crippen LogP contribution in [-0.4, -0.2) is 126 Å². The van der Waals surface area contributed by atoms with Crippen molar-refractivity contribution in [2.75, 3.05) is 40.3 Å². The molecule has 14 nitrogen and oxygen atoms in total. The summed E-state index contributed by atoms with van der Waals surface area (Å²) in [6.45, 7) is 13.3. The average Bonchev–Trinajstić information content (AvgIpc) is 3.77. The lowest BCUT2D eigenvalue weighted by Gasteiger charge is -2.32. The van der Waals surface area contributed by atoms with Gasteiger partial charge in [-0.15, -0.1) is 0 Å². The van der Waals surface area contributed by atoms with Gasteiger partial charge in [-0.05, 0) is 126 Å². The molecule has 3 saturated heterocycles. The summed E-state index contributed by atoms with van der Waals surface area (Å²) in [7, 11) is 4.10. The number of benzene rings is 2. The Balaban J connectivity index is 0.000000156. The van der Waals surface area contributed by atoms with Gasteiger partial charge in [0.2, 0.25) is 23.6 Å². The Morgan fingerprint density at radius 2 is 1.16 bits per heavy atom. The molecule has 0 aliphatic carbocycles. The second-order valence-corrected chi connectivity index (χ2v) is 18.5. The maximum absolute atomic E-state index is 12.7. The van der Waals surface area contributed by atoms with Crippen LogP contribution < -0.4 is 10.6 Å². The van der Waals surface area contributed by atoms with Gasteiger partial charge < -0.3 is 28.9 Å². The van der Waals surface area contributed by atoms with Gasteiger partial charge in [0.1, 0.15) is 12.1 Å². The number of carbonyl (C=O) groups excluding carboxylic acids is 6. The molecule has 2 aromatic rings. The van der Waals surface area contributed by atoms with Crippen LogP contribution in [0.15, 0.2) is 58.5 Å². The van der Waals surface area contributed by atoms with E-state index in [0.29, 0.717) is 37.1 Å². The molecule has 7 aliphatic heterocycles. The Labute approximate surface area is 367 Å². The molecule has 0 radical (unpaired) electrons. The third-order valence-electron chi connectivity index (χ3n) is 12.8. The van der Waals surface area contributed by atoms with E-state index in [9.17, 15) is 28.8 Å². The predicted molar refractivity (Wildman–Crippen MR) is 236 cm³/mol. The number of nitrogens with one attached hydrogen (secondary N) is 2. The fourth-order valence-corrected chi connectivity index (χ4v) is 8.75. The number of nitrogens with zero attached hydrogens (tertiary/aromatic N) is 4. The first-order chi connectivity index (χ1) is 28.4. The van der Waals surface area contributed by atoms with Crippen molar-refractivity contribution in [3.05, 3.63) is 86.3 Å². The molecular formula is C45H58BBrN6O8. The maximum atomic E-state index is 12.7. The van der Waals surface area contributed by atoms with Crippen LogP contribution in [0.5, 0.6) is 0 Å². The average molecular weight is 902 g/mol. The monoisotopic (exact) mass is 900 g/mol. The Morgan fingerprint density at radius 1 is 0.672 bits per heavy atom. The minimum absolute atomic E-state index is 0. The summed E-state index contributed by atoms with van der Waals surface area (Å²) in [5, 5.41) is 4.62. The summed E-state index contributed by atoms with van der Waals surface area (Å²) < 4.78 is 13.0. The van der Waals surface area contributed by atoms with Gasteiger partial charge in [-0.25, -0.2) is 0 Å². The zero-order valence-corrected chi connectivity index (χ0v) is 36.9. The molecule has 0 aromatic heterocycles. The van der Waals surface area contributed by atoms with Crippen LogP contribution in [0, 0.1) is 0 Å². The zero-order valence-electron chi connectivity index (χ0n) is 35.3. The third-order valence-corrected chi connectivity index (χ3v) is 13.3. The van der Waals surface area contributed by atoms with Crippen molar-refractivity contribution < 1.29 is 38.1 Å². The fraction of sp³-hybridized carbons (Fsp3) is 0.511. The first-order valence-electron chi connectivity index (χ1n) is 20.7. The highest BCUT2D eigenvalue weighted by Crippen LogP contribution is 2.39. The maximum Gasteiger partial charge on any atom is 0.490 e. The summed E-state index contributed by atoms with van der Waals surface area (Å²) in [6, 6.07) is 10.3. The van der Waals surface area contributed by atoms with Crippen LogP contribution in [0.2, 0.25) is 0 Å². The quantitative estimate of drug-likeness (QED) is 0.320. The minimum atomic E-state index is -0.552. The topological polar surface area (TPSA) is 158 Å². The van der Waals surface area contributed by atoms with Crippen molar-refractivity contribution in [1.29, 1.82) is 0 Å². The number of amides is 6. The number of hydrogen-bond acceptors (Lipinski definition) is 10. The molecule has 326 valence electrons. The Hall–Kier alpha value is -4.48. The molecule has 3 fully saturated rings. The van der Waals surface area contributed by atoms with E-state index in [-0.39, 0.29) is 74.0 Å². The van der Waals surface area contributed by atoms with Crippen molar-refractivity contribution in [2.24, 2.45) is 0 Å². The Bertz CT molecular complexity index is 2160. The molecule has 2 atom stereocenters. The van der Waals surface area contributed by atoms with E-state index in [0.717, 1.165) is 60.2 Å². The number of fused-ring (bicyclic) bond motifs is 2. The van der Waals surface area contributed by atoms with Gasteiger partial charge in [0.15, 0.2) is 0 Å². The van der Waals surface area contributed by atoms with Gasteiger partial charge in [0.05, 0.1) is 11.2 Å². The van der Waals surface area contributed by atoms with Gasteiger partial charge in [-0.1, -0.05) is 41.6 Å². The summed E-state index contributed by atoms with van der Waals surface area (Å²) in [4.78, 5) is 79.1. The van der Waals surface area contributed by atoms with E-state index in [1.807, 2.05) is 24.3 Å². The molecule has 9 rings (SSSR count). The first-order valence-corrected chi connectivity index (χ1v) is 21.5. The first kappa shape index (κ1) is 46.0. The molecule has 6 amide bonds. The highest BCUT2D eigenvalue weighted by Gasteiger charge is 2.52. The summed E-state index contributed by atoms with van der Waals surface area (Å²) >= 11 is 3.37. The van der Waals surface area contributed by atoms with Gasteiger partial charge >= 0.3 is 7.12 Å². The van der Waals surface area contributed by atoms with Crippen molar-refractivity contribution in [3.63, 3.8) is 0 Å². The molecule has 7 heterocycles. The van der Waals surface area contributed by atoms with Crippen molar-refractivity contribution >= 4 is 64.1 Å². The smallest absolute Gasteiger partial charge is 0.400 e. The van der Waals surface area contributed by atoms with Gasteiger partial charge in [-0.3, -0.25) is 39.4 Å². The van der Waals surface area contributed by atoms with Crippen LogP contribution >= 0.6 is 15.9 Å². The van der Waals surface area contributed by atoms with Crippen molar-refractivity contribution in [2.45, 2.75) is 110 Å². The van der Waals surface area contributed by atoms with E-state index in [4.69, 9.17) is 9.31 Å².